The van der Waals surface area contributed by atoms with Crippen LogP contribution in [-0.4, -0.2) is 24.3 Å². The number of rotatable bonds is 16. The third-order valence-corrected chi connectivity index (χ3v) is 5.11. The second-order valence-electron chi connectivity index (χ2n) is 7.30. The molecular weight excluding hydrogens is 292 g/mol. The van der Waals surface area contributed by atoms with Crippen molar-refractivity contribution in [1.82, 2.24) is 4.90 Å². The summed E-state index contributed by atoms with van der Waals surface area (Å²) in [5.41, 5.74) is 1.47. The molecule has 2 nitrogen and oxygen atoms in total. The van der Waals surface area contributed by atoms with Gasteiger partial charge in [-0.1, -0.05) is 97.0 Å². The van der Waals surface area contributed by atoms with Gasteiger partial charge in [-0.3, -0.25) is 4.99 Å². The van der Waals surface area contributed by atoms with E-state index in [1.165, 1.54) is 95.6 Å². The molecule has 140 valence electrons. The highest BCUT2D eigenvalue weighted by molar-refractivity contribution is 5.60. The van der Waals surface area contributed by atoms with Crippen LogP contribution < -0.4 is 0 Å². The number of allylic oxidation sites excluding steroid dienone is 2. The van der Waals surface area contributed by atoms with Crippen LogP contribution in [-0.2, 0) is 0 Å². The van der Waals surface area contributed by atoms with Crippen molar-refractivity contribution < 1.29 is 0 Å². The fourth-order valence-electron chi connectivity index (χ4n) is 3.49. The van der Waals surface area contributed by atoms with E-state index < -0.39 is 0 Å². The molecule has 1 aliphatic rings. The third-order valence-electron chi connectivity index (χ3n) is 5.11. The molecule has 1 rings (SSSR count). The molecule has 1 aliphatic heterocycles. The second kappa shape index (κ2) is 15.7. The van der Waals surface area contributed by atoms with Gasteiger partial charge in [0.25, 0.3) is 0 Å². The van der Waals surface area contributed by atoms with Crippen LogP contribution in [0.1, 0.15) is 110 Å². The van der Waals surface area contributed by atoms with Crippen molar-refractivity contribution in [2.75, 3.05) is 13.1 Å². The van der Waals surface area contributed by atoms with Crippen molar-refractivity contribution in [3.05, 3.63) is 11.8 Å². The van der Waals surface area contributed by atoms with Crippen LogP contribution in [0, 0.1) is 0 Å². The van der Waals surface area contributed by atoms with Gasteiger partial charge in [0.2, 0.25) is 0 Å². The Morgan fingerprint density at radius 3 is 1.83 bits per heavy atom. The maximum absolute atomic E-state index is 4.31. The quantitative estimate of drug-likeness (QED) is 0.275. The first-order chi connectivity index (χ1) is 11.9. The fourth-order valence-corrected chi connectivity index (χ4v) is 3.49. The molecular formula is C22H42N2. The second-order valence-corrected chi connectivity index (χ2v) is 7.30. The van der Waals surface area contributed by atoms with Crippen molar-refractivity contribution in [2.24, 2.45) is 4.99 Å². The van der Waals surface area contributed by atoms with Crippen molar-refractivity contribution in [1.29, 1.82) is 0 Å². The average molecular weight is 335 g/mol. The maximum atomic E-state index is 4.31. The molecule has 0 saturated heterocycles. The SMILES string of the molecule is CCCCCCCCCCCCCCC/C=C(\CC)N1C=NCC1. The molecule has 0 aromatic heterocycles. The molecule has 0 radical (unpaired) electrons. The van der Waals surface area contributed by atoms with Crippen LogP contribution in [0.4, 0.5) is 0 Å². The smallest absolute Gasteiger partial charge is 0.0893 e. The van der Waals surface area contributed by atoms with E-state index in [1.807, 2.05) is 6.34 Å². The molecule has 0 aromatic rings. The number of unbranched alkanes of at least 4 members (excludes halogenated alkanes) is 13. The summed E-state index contributed by atoms with van der Waals surface area (Å²) >= 11 is 0. The van der Waals surface area contributed by atoms with Crippen molar-refractivity contribution in [3.8, 4) is 0 Å². The minimum Gasteiger partial charge on any atom is -0.335 e. The Labute approximate surface area is 151 Å². The summed E-state index contributed by atoms with van der Waals surface area (Å²) in [6, 6.07) is 0. The zero-order valence-electron chi connectivity index (χ0n) is 16.6. The molecule has 0 unspecified atom stereocenters. The molecule has 1 heterocycles. The fraction of sp³-hybridized carbons (Fsp3) is 0.864. The van der Waals surface area contributed by atoms with Crippen LogP contribution in [0.25, 0.3) is 0 Å². The van der Waals surface area contributed by atoms with Crippen molar-refractivity contribution in [3.63, 3.8) is 0 Å². The Bertz CT molecular complexity index is 333. The van der Waals surface area contributed by atoms with Gasteiger partial charge in [0.1, 0.15) is 0 Å². The highest BCUT2D eigenvalue weighted by Crippen LogP contribution is 2.15. The Balaban J connectivity index is 1.84. The first-order valence-electron chi connectivity index (χ1n) is 10.8. The van der Waals surface area contributed by atoms with E-state index in [0.29, 0.717) is 0 Å². The van der Waals surface area contributed by atoms with Gasteiger partial charge in [-0.25, -0.2) is 0 Å². The zero-order chi connectivity index (χ0) is 17.3. The van der Waals surface area contributed by atoms with Gasteiger partial charge >= 0.3 is 0 Å². The minimum absolute atomic E-state index is 0.968. The molecule has 0 aromatic carbocycles. The largest absolute Gasteiger partial charge is 0.335 e. The van der Waals surface area contributed by atoms with E-state index in [0.717, 1.165) is 19.5 Å². The summed E-state index contributed by atoms with van der Waals surface area (Å²) in [5, 5.41) is 0. The van der Waals surface area contributed by atoms with Gasteiger partial charge in [0, 0.05) is 12.2 Å². The molecule has 0 atom stereocenters. The first-order valence-corrected chi connectivity index (χ1v) is 10.8. The highest BCUT2D eigenvalue weighted by Gasteiger charge is 2.08. The van der Waals surface area contributed by atoms with E-state index >= 15 is 0 Å². The molecule has 0 spiro atoms. The Morgan fingerprint density at radius 2 is 1.38 bits per heavy atom. The Kier molecular flexibility index (Phi) is 13.9. The molecule has 0 amide bonds. The summed E-state index contributed by atoms with van der Waals surface area (Å²) in [5.74, 6) is 0. The molecule has 2 heteroatoms. The maximum Gasteiger partial charge on any atom is 0.0893 e. The Hall–Kier alpha value is -0.790. The van der Waals surface area contributed by atoms with Gasteiger partial charge < -0.3 is 4.90 Å². The van der Waals surface area contributed by atoms with Gasteiger partial charge in [-0.05, 0) is 19.3 Å². The molecule has 24 heavy (non-hydrogen) atoms. The predicted octanol–water partition coefficient (Wildman–Crippen LogP) is 7.11. The molecule has 0 bridgehead atoms. The number of hydrogen-bond donors (Lipinski definition) is 0. The van der Waals surface area contributed by atoms with Gasteiger partial charge in [0.15, 0.2) is 0 Å². The number of nitrogens with zero attached hydrogens (tertiary/aromatic N) is 2. The predicted molar refractivity (Wildman–Crippen MR) is 109 cm³/mol. The monoisotopic (exact) mass is 334 g/mol. The summed E-state index contributed by atoms with van der Waals surface area (Å²) < 4.78 is 0. The summed E-state index contributed by atoms with van der Waals surface area (Å²) in [4.78, 5) is 6.63. The van der Waals surface area contributed by atoms with Crippen LogP contribution in [0.15, 0.2) is 16.8 Å². The average Bonchev–Trinajstić information content (AvgIpc) is 3.13. The lowest BCUT2D eigenvalue weighted by Gasteiger charge is -2.16. The van der Waals surface area contributed by atoms with E-state index in [-0.39, 0.29) is 0 Å². The lowest BCUT2D eigenvalue weighted by molar-refractivity contribution is 0.534. The van der Waals surface area contributed by atoms with Crippen LogP contribution in [0.5, 0.6) is 0 Å². The van der Waals surface area contributed by atoms with Crippen molar-refractivity contribution in [2.45, 2.75) is 110 Å². The minimum atomic E-state index is 0.968. The summed E-state index contributed by atoms with van der Waals surface area (Å²) in [6.45, 7) is 6.59. The van der Waals surface area contributed by atoms with Gasteiger partial charge in [0.05, 0.1) is 12.9 Å². The van der Waals surface area contributed by atoms with Crippen LogP contribution in [0.3, 0.4) is 0 Å². The van der Waals surface area contributed by atoms with Crippen LogP contribution in [0.2, 0.25) is 0 Å². The molecule has 0 saturated carbocycles. The zero-order valence-corrected chi connectivity index (χ0v) is 16.6. The topological polar surface area (TPSA) is 15.6 Å². The Morgan fingerprint density at radius 1 is 0.833 bits per heavy atom. The lowest BCUT2D eigenvalue weighted by Crippen LogP contribution is -2.18. The summed E-state index contributed by atoms with van der Waals surface area (Å²) in [7, 11) is 0. The molecule has 0 N–H and O–H groups in total. The van der Waals surface area contributed by atoms with Crippen LogP contribution >= 0.6 is 0 Å². The molecule has 0 fully saturated rings. The van der Waals surface area contributed by atoms with E-state index in [4.69, 9.17) is 0 Å². The van der Waals surface area contributed by atoms with E-state index in [9.17, 15) is 0 Å². The van der Waals surface area contributed by atoms with Gasteiger partial charge in [-0.15, -0.1) is 0 Å². The molecule has 0 aliphatic carbocycles. The standard InChI is InChI=1S/C22H42N2/c1-3-5-6-7-8-9-10-11-12-13-14-15-16-17-18-22(4-2)24-20-19-23-21-24/h18,21H,3-17,19-20H2,1-2H3/b22-18+. The van der Waals surface area contributed by atoms with E-state index in [2.05, 4.69) is 29.8 Å². The summed E-state index contributed by atoms with van der Waals surface area (Å²) in [6.07, 6.45) is 25.5. The first kappa shape index (κ1) is 21.3. The number of hydrogen-bond acceptors (Lipinski definition) is 2. The lowest BCUT2D eigenvalue weighted by atomic mass is 10.0. The van der Waals surface area contributed by atoms with E-state index in [1.54, 1.807) is 0 Å². The number of aliphatic imine (C=N–C) groups is 1. The highest BCUT2D eigenvalue weighted by atomic mass is 15.2. The van der Waals surface area contributed by atoms with Gasteiger partial charge in [-0.2, -0.15) is 0 Å². The normalized spacial score (nSPS) is 14.8. The third kappa shape index (κ3) is 10.9. The van der Waals surface area contributed by atoms with Crippen molar-refractivity contribution >= 4 is 6.34 Å².